The molecule has 4 nitrogen and oxygen atoms in total. The van der Waals surface area contributed by atoms with Gasteiger partial charge in [-0.25, -0.2) is 0 Å². The van der Waals surface area contributed by atoms with Gasteiger partial charge in [0.15, 0.2) is 0 Å². The smallest absolute Gasteiger partial charge is 0.0599 e. The topological polar surface area (TPSA) is 52.7 Å². The molecule has 0 spiro atoms. The van der Waals surface area contributed by atoms with Crippen LogP contribution in [0.4, 0.5) is 0 Å². The molecule has 0 fully saturated rings. The normalized spacial score (nSPS) is 14.1. The van der Waals surface area contributed by atoms with Gasteiger partial charge in [-0.3, -0.25) is 4.90 Å². The quantitative estimate of drug-likeness (QED) is 0.550. The highest BCUT2D eigenvalue weighted by Gasteiger charge is 2.10. The molecule has 4 heteroatoms. The molecule has 0 aromatic rings. The van der Waals surface area contributed by atoms with Gasteiger partial charge >= 0.3 is 0 Å². The molecule has 0 heterocycles. The summed E-state index contributed by atoms with van der Waals surface area (Å²) in [5, 5.41) is 8.97. The molecule has 0 saturated heterocycles. The molecule has 0 aliphatic heterocycles. The Hall–Kier alpha value is -0.160. The molecule has 1 atom stereocenters. The predicted octanol–water partition coefficient (Wildman–Crippen LogP) is -0.810. The lowest BCUT2D eigenvalue weighted by atomic mass is 10.2. The van der Waals surface area contributed by atoms with Crippen LogP contribution >= 0.6 is 0 Å². The van der Waals surface area contributed by atoms with E-state index in [0.29, 0.717) is 6.54 Å². The summed E-state index contributed by atoms with van der Waals surface area (Å²) in [7, 11) is 6.13. The van der Waals surface area contributed by atoms with Crippen LogP contribution in [0.1, 0.15) is 6.42 Å². The Morgan fingerprint density at radius 3 is 2.23 bits per heavy atom. The maximum absolute atomic E-state index is 8.97. The van der Waals surface area contributed by atoms with Gasteiger partial charge in [0.05, 0.1) is 6.61 Å². The highest BCUT2D eigenvalue weighted by atomic mass is 16.3. The van der Waals surface area contributed by atoms with E-state index in [1.54, 1.807) is 0 Å². The van der Waals surface area contributed by atoms with Gasteiger partial charge in [-0.2, -0.15) is 0 Å². The van der Waals surface area contributed by atoms with E-state index in [9.17, 15) is 0 Å². The maximum Gasteiger partial charge on any atom is 0.0599 e. The molecular weight excluding hydrogens is 166 g/mol. The molecule has 80 valence electrons. The third kappa shape index (κ3) is 5.99. The summed E-state index contributed by atoms with van der Waals surface area (Å²) >= 11 is 0. The van der Waals surface area contributed by atoms with Crippen molar-refractivity contribution in [1.82, 2.24) is 9.80 Å². The summed E-state index contributed by atoms with van der Waals surface area (Å²) in [5.41, 5.74) is 5.50. The number of aliphatic hydroxyl groups is 1. The first-order chi connectivity index (χ1) is 6.11. The van der Waals surface area contributed by atoms with Crippen molar-refractivity contribution >= 4 is 0 Å². The lowest BCUT2D eigenvalue weighted by molar-refractivity contribution is 0.148. The minimum atomic E-state index is 0.113. The molecule has 13 heavy (non-hydrogen) atoms. The fourth-order valence-electron chi connectivity index (χ4n) is 1.21. The van der Waals surface area contributed by atoms with Crippen molar-refractivity contribution in [3.63, 3.8) is 0 Å². The molecule has 0 rings (SSSR count). The van der Waals surface area contributed by atoms with Crippen molar-refractivity contribution < 1.29 is 5.11 Å². The molecule has 0 aromatic carbocycles. The molecule has 0 bridgehead atoms. The second-order valence-electron chi connectivity index (χ2n) is 3.71. The first-order valence-electron chi connectivity index (χ1n) is 4.77. The van der Waals surface area contributed by atoms with E-state index in [2.05, 4.69) is 23.9 Å². The maximum atomic E-state index is 8.97. The Morgan fingerprint density at radius 1 is 1.23 bits per heavy atom. The zero-order valence-electron chi connectivity index (χ0n) is 9.03. The number of hydrogen-bond donors (Lipinski definition) is 2. The summed E-state index contributed by atoms with van der Waals surface area (Å²) in [5.74, 6) is 0. The van der Waals surface area contributed by atoms with Crippen LogP contribution in [0.15, 0.2) is 0 Å². The second-order valence-corrected chi connectivity index (χ2v) is 3.71. The minimum Gasteiger partial charge on any atom is -0.395 e. The van der Waals surface area contributed by atoms with Crippen molar-refractivity contribution in [2.75, 3.05) is 47.4 Å². The molecule has 0 amide bonds. The van der Waals surface area contributed by atoms with Crippen LogP contribution in [0, 0.1) is 0 Å². The monoisotopic (exact) mass is 189 g/mol. The molecule has 0 saturated carbocycles. The second kappa shape index (κ2) is 7.26. The average Bonchev–Trinajstić information content (AvgIpc) is 2.05. The number of likely N-dealkylation sites (N-methyl/N-ethyl adjacent to an activating group) is 1. The molecule has 0 radical (unpaired) electrons. The Kier molecular flexibility index (Phi) is 7.17. The van der Waals surface area contributed by atoms with E-state index in [4.69, 9.17) is 10.8 Å². The van der Waals surface area contributed by atoms with Gasteiger partial charge in [-0.05, 0) is 40.7 Å². The van der Waals surface area contributed by atoms with Gasteiger partial charge in [-0.15, -0.1) is 0 Å². The van der Waals surface area contributed by atoms with E-state index in [0.717, 1.165) is 19.5 Å². The van der Waals surface area contributed by atoms with Gasteiger partial charge in [-0.1, -0.05) is 0 Å². The standard InChI is InChI=1S/C9H23N3O/c1-11(2)5-4-6-12(3)9(7-10)8-13/h9,13H,4-8,10H2,1-3H3. The fraction of sp³-hybridized carbons (Fsp3) is 1.00. The molecule has 0 aromatic heterocycles. The number of aliphatic hydroxyl groups excluding tert-OH is 1. The Balaban J connectivity index is 3.53. The van der Waals surface area contributed by atoms with Crippen molar-refractivity contribution in [2.45, 2.75) is 12.5 Å². The molecule has 0 aliphatic carbocycles. The van der Waals surface area contributed by atoms with Crippen molar-refractivity contribution in [3.8, 4) is 0 Å². The third-order valence-corrected chi connectivity index (χ3v) is 2.22. The lowest BCUT2D eigenvalue weighted by Gasteiger charge is -2.25. The Labute approximate surface area is 81.3 Å². The highest BCUT2D eigenvalue weighted by molar-refractivity contribution is 4.68. The van der Waals surface area contributed by atoms with E-state index >= 15 is 0 Å². The van der Waals surface area contributed by atoms with Gasteiger partial charge < -0.3 is 15.7 Å². The van der Waals surface area contributed by atoms with Gasteiger partial charge in [0.1, 0.15) is 0 Å². The Morgan fingerprint density at radius 2 is 1.85 bits per heavy atom. The molecule has 1 unspecified atom stereocenters. The number of nitrogens with two attached hydrogens (primary N) is 1. The zero-order chi connectivity index (χ0) is 10.3. The highest BCUT2D eigenvalue weighted by Crippen LogP contribution is 1.95. The lowest BCUT2D eigenvalue weighted by Crippen LogP contribution is -2.41. The average molecular weight is 189 g/mol. The van der Waals surface area contributed by atoms with Crippen LogP contribution in [0.5, 0.6) is 0 Å². The van der Waals surface area contributed by atoms with Crippen LogP contribution in [0.25, 0.3) is 0 Å². The van der Waals surface area contributed by atoms with Crippen LogP contribution in [-0.4, -0.2) is 68.3 Å². The number of hydrogen-bond acceptors (Lipinski definition) is 4. The van der Waals surface area contributed by atoms with Crippen LogP contribution in [-0.2, 0) is 0 Å². The molecule has 0 aliphatic rings. The summed E-state index contributed by atoms with van der Waals surface area (Å²) in [6.45, 7) is 2.73. The number of nitrogens with zero attached hydrogens (tertiary/aromatic N) is 2. The molecule has 3 N–H and O–H groups in total. The first-order valence-corrected chi connectivity index (χ1v) is 4.77. The van der Waals surface area contributed by atoms with Crippen LogP contribution in [0.3, 0.4) is 0 Å². The number of rotatable bonds is 7. The summed E-state index contributed by atoms with van der Waals surface area (Å²) in [4.78, 5) is 4.27. The first kappa shape index (κ1) is 12.8. The van der Waals surface area contributed by atoms with Gasteiger partial charge in [0.2, 0.25) is 0 Å². The van der Waals surface area contributed by atoms with Crippen molar-refractivity contribution in [3.05, 3.63) is 0 Å². The van der Waals surface area contributed by atoms with Gasteiger partial charge in [0.25, 0.3) is 0 Å². The summed E-state index contributed by atoms with van der Waals surface area (Å²) < 4.78 is 0. The SMILES string of the molecule is CN(C)CCCN(C)C(CN)CO. The van der Waals surface area contributed by atoms with E-state index in [1.165, 1.54) is 0 Å². The predicted molar refractivity (Wildman–Crippen MR) is 55.7 cm³/mol. The third-order valence-electron chi connectivity index (χ3n) is 2.22. The minimum absolute atomic E-state index is 0.113. The van der Waals surface area contributed by atoms with Crippen LogP contribution in [0.2, 0.25) is 0 Å². The van der Waals surface area contributed by atoms with Gasteiger partial charge in [0, 0.05) is 12.6 Å². The fourth-order valence-corrected chi connectivity index (χ4v) is 1.21. The summed E-state index contributed by atoms with van der Waals surface area (Å²) in [6, 6.07) is 0.113. The van der Waals surface area contributed by atoms with Crippen molar-refractivity contribution in [1.29, 1.82) is 0 Å². The van der Waals surface area contributed by atoms with Crippen molar-refractivity contribution in [2.24, 2.45) is 5.73 Å². The van der Waals surface area contributed by atoms with E-state index < -0.39 is 0 Å². The Bertz CT molecular complexity index is 115. The largest absolute Gasteiger partial charge is 0.395 e. The zero-order valence-corrected chi connectivity index (χ0v) is 9.03. The summed E-state index contributed by atoms with van der Waals surface area (Å²) in [6.07, 6.45) is 1.11. The molecular formula is C9H23N3O. The van der Waals surface area contributed by atoms with Crippen LogP contribution < -0.4 is 5.73 Å². The van der Waals surface area contributed by atoms with E-state index in [1.807, 2.05) is 7.05 Å². The van der Waals surface area contributed by atoms with E-state index in [-0.39, 0.29) is 12.6 Å².